The van der Waals surface area contributed by atoms with E-state index in [1.165, 1.54) is 13.8 Å². The quantitative estimate of drug-likeness (QED) is 0.343. The van der Waals surface area contributed by atoms with Gasteiger partial charge in [-0.3, -0.25) is 19.2 Å². The van der Waals surface area contributed by atoms with E-state index in [0.29, 0.717) is 6.42 Å². The second-order valence-electron chi connectivity index (χ2n) is 14.3. The van der Waals surface area contributed by atoms with Crippen molar-refractivity contribution in [2.24, 2.45) is 40.4 Å². The van der Waals surface area contributed by atoms with E-state index in [2.05, 4.69) is 13.8 Å². The Bertz CT molecular complexity index is 1400. The minimum absolute atomic E-state index is 0.0223. The summed E-state index contributed by atoms with van der Waals surface area (Å²) in [5, 5.41) is 0. The molecule has 44 heavy (non-hydrogen) atoms. The zero-order valence-electron chi connectivity index (χ0n) is 26.4. The average molecular weight is 611 g/mol. The van der Waals surface area contributed by atoms with Crippen LogP contribution in [-0.2, 0) is 42.9 Å². The Hall–Kier alpha value is -3.27. The van der Waals surface area contributed by atoms with Gasteiger partial charge in [-0.25, -0.2) is 4.79 Å². The van der Waals surface area contributed by atoms with Crippen molar-refractivity contribution in [3.8, 4) is 0 Å². The van der Waals surface area contributed by atoms with Crippen LogP contribution < -0.4 is 0 Å². The SMILES string of the molecule is CCC(=O)O[C@@H]1[C@@H]2[C@@H](OC(=O)c3ccccc3)[C@@]34CO[C@@](C)(C(=O)[C@@]2(OC(C)=O)C[C@@H]1C)[C@@H]3[C@@H]1[C@H](C[C@H]4OC(C)=O)C1(C)C. The van der Waals surface area contributed by atoms with Crippen LogP contribution >= 0.6 is 0 Å². The Morgan fingerprint density at radius 2 is 1.64 bits per heavy atom. The predicted octanol–water partition coefficient (Wildman–Crippen LogP) is 4.07. The van der Waals surface area contributed by atoms with E-state index in [9.17, 15) is 19.2 Å². The molecule has 0 amide bonds. The van der Waals surface area contributed by atoms with Crippen molar-refractivity contribution in [2.45, 2.75) is 97.2 Å². The fourth-order valence-corrected chi connectivity index (χ4v) is 9.84. The van der Waals surface area contributed by atoms with Gasteiger partial charge >= 0.3 is 23.9 Å². The minimum Gasteiger partial charge on any atom is -0.462 e. The van der Waals surface area contributed by atoms with Crippen molar-refractivity contribution >= 4 is 29.7 Å². The van der Waals surface area contributed by atoms with Crippen molar-refractivity contribution < 1.29 is 47.7 Å². The van der Waals surface area contributed by atoms with Crippen LogP contribution in [0.2, 0.25) is 0 Å². The highest BCUT2D eigenvalue weighted by molar-refractivity contribution is 5.99. The van der Waals surface area contributed by atoms with Gasteiger partial charge < -0.3 is 23.7 Å². The van der Waals surface area contributed by atoms with Gasteiger partial charge in [-0.2, -0.15) is 0 Å². The molecule has 1 aromatic carbocycles. The Balaban J connectivity index is 1.63. The summed E-state index contributed by atoms with van der Waals surface area (Å²) in [4.78, 5) is 67.6. The highest BCUT2D eigenvalue weighted by atomic mass is 16.6. The molecule has 0 N–H and O–H groups in total. The molecule has 1 heterocycles. The lowest BCUT2D eigenvalue weighted by molar-refractivity contribution is -0.208. The zero-order valence-corrected chi connectivity index (χ0v) is 26.4. The molecule has 0 aromatic heterocycles. The number of fused-ring (bicyclic) bond motifs is 2. The number of ketones is 1. The number of hydrogen-bond donors (Lipinski definition) is 0. The second kappa shape index (κ2) is 10.1. The number of ether oxygens (including phenoxy) is 5. The third-order valence-electron chi connectivity index (χ3n) is 11.6. The first-order valence-corrected chi connectivity index (χ1v) is 15.7. The lowest BCUT2D eigenvalue weighted by atomic mass is 9.57. The molecule has 10 nitrogen and oxygen atoms in total. The summed E-state index contributed by atoms with van der Waals surface area (Å²) in [6.07, 6.45) is -2.25. The molecule has 6 rings (SSSR count). The van der Waals surface area contributed by atoms with E-state index in [0.717, 1.165) is 0 Å². The summed E-state index contributed by atoms with van der Waals surface area (Å²) in [6, 6.07) is 8.48. The monoisotopic (exact) mass is 610 g/mol. The predicted molar refractivity (Wildman–Crippen MR) is 154 cm³/mol. The lowest BCUT2D eigenvalue weighted by Gasteiger charge is -2.50. The molecule has 4 saturated carbocycles. The molecule has 11 atom stereocenters. The van der Waals surface area contributed by atoms with Crippen LogP contribution in [0.4, 0.5) is 0 Å². The van der Waals surface area contributed by atoms with Crippen LogP contribution in [0.1, 0.15) is 78.1 Å². The Morgan fingerprint density at radius 3 is 2.25 bits per heavy atom. The first kappa shape index (κ1) is 30.7. The molecule has 4 aliphatic carbocycles. The normalized spacial score (nSPS) is 42.6. The van der Waals surface area contributed by atoms with Crippen LogP contribution in [-0.4, -0.2) is 65.8 Å². The number of benzene rings is 1. The summed E-state index contributed by atoms with van der Waals surface area (Å²) in [5.41, 5.74) is -4.40. The van der Waals surface area contributed by atoms with Gasteiger partial charge in [0.15, 0.2) is 5.60 Å². The first-order valence-electron chi connectivity index (χ1n) is 15.7. The molecule has 1 saturated heterocycles. The van der Waals surface area contributed by atoms with E-state index in [-0.39, 0.29) is 42.3 Å². The van der Waals surface area contributed by atoms with Gasteiger partial charge in [0.05, 0.1) is 23.5 Å². The first-order chi connectivity index (χ1) is 20.6. The Kier molecular flexibility index (Phi) is 7.07. The number of carbonyl (C=O) groups excluding carboxylic acids is 5. The third kappa shape index (κ3) is 4.12. The zero-order chi connectivity index (χ0) is 32.0. The lowest BCUT2D eigenvalue weighted by Crippen LogP contribution is -2.62. The van der Waals surface area contributed by atoms with Crippen LogP contribution in [0.25, 0.3) is 0 Å². The number of esters is 4. The van der Waals surface area contributed by atoms with E-state index >= 15 is 4.79 Å². The third-order valence-corrected chi connectivity index (χ3v) is 11.6. The van der Waals surface area contributed by atoms with E-state index in [1.54, 1.807) is 44.2 Å². The maximum absolute atomic E-state index is 15.2. The molecule has 2 bridgehead atoms. The van der Waals surface area contributed by atoms with Crippen LogP contribution in [0, 0.1) is 40.4 Å². The summed E-state index contributed by atoms with van der Waals surface area (Å²) < 4.78 is 31.4. The van der Waals surface area contributed by atoms with Crippen molar-refractivity contribution in [3.63, 3.8) is 0 Å². The van der Waals surface area contributed by atoms with Gasteiger partial charge in [-0.15, -0.1) is 0 Å². The summed E-state index contributed by atoms with van der Waals surface area (Å²) in [6.45, 7) is 12.1. The Morgan fingerprint density at radius 1 is 0.955 bits per heavy atom. The smallest absolute Gasteiger partial charge is 0.338 e. The van der Waals surface area contributed by atoms with E-state index in [4.69, 9.17) is 23.7 Å². The molecule has 1 aliphatic heterocycles. The van der Waals surface area contributed by atoms with Crippen molar-refractivity contribution in [1.29, 1.82) is 0 Å². The fraction of sp³-hybridized carbons (Fsp3) is 0.676. The second-order valence-corrected chi connectivity index (χ2v) is 14.3. The van der Waals surface area contributed by atoms with Gasteiger partial charge in [0.25, 0.3) is 0 Å². The minimum atomic E-state index is -1.82. The molecule has 0 spiro atoms. The van der Waals surface area contributed by atoms with Crippen molar-refractivity contribution in [3.05, 3.63) is 35.9 Å². The molecule has 1 aromatic rings. The molecule has 5 fully saturated rings. The highest BCUT2D eigenvalue weighted by Crippen LogP contribution is 2.78. The van der Waals surface area contributed by atoms with Gasteiger partial charge in [0.2, 0.25) is 5.78 Å². The average Bonchev–Trinajstić information content (AvgIpc) is 3.21. The molecule has 5 aliphatic rings. The maximum Gasteiger partial charge on any atom is 0.338 e. The summed E-state index contributed by atoms with van der Waals surface area (Å²) in [7, 11) is 0. The molecule has 0 unspecified atom stereocenters. The van der Waals surface area contributed by atoms with Gasteiger partial charge in [0, 0.05) is 32.6 Å². The Labute approximate surface area is 257 Å². The van der Waals surface area contributed by atoms with E-state index in [1.807, 2.05) is 6.92 Å². The van der Waals surface area contributed by atoms with Crippen LogP contribution in [0.3, 0.4) is 0 Å². The standard InChI is InChI=1S/C34H42O10/c1-8-23(37)42-26-17(2)15-34(44-19(4)36)25(26)28(43-29(38)20-12-10-9-11-13-20)33-16-40-32(7,30(34)39)27(33)24-21(31(24,5)6)14-22(33)41-18(3)35/h9-13,17,21-22,24-28H,8,14-16H2,1-7H3/t17-,21-,22+,24-,25+,26-,27-,28+,32+,33+,34+/m0/s1. The number of hydrogen-bond acceptors (Lipinski definition) is 10. The molecule has 0 radical (unpaired) electrons. The summed E-state index contributed by atoms with van der Waals surface area (Å²) >= 11 is 0. The topological polar surface area (TPSA) is 132 Å². The van der Waals surface area contributed by atoms with Crippen LogP contribution in [0.15, 0.2) is 30.3 Å². The van der Waals surface area contributed by atoms with Crippen molar-refractivity contribution in [2.75, 3.05) is 6.61 Å². The number of rotatable bonds is 6. The molecule has 10 heteroatoms. The maximum atomic E-state index is 15.2. The van der Waals surface area contributed by atoms with Gasteiger partial charge in [0.1, 0.15) is 23.9 Å². The van der Waals surface area contributed by atoms with E-state index < -0.39 is 82.3 Å². The summed E-state index contributed by atoms with van der Waals surface area (Å²) in [5.74, 6) is -4.70. The molecular formula is C34H42O10. The molecular weight excluding hydrogens is 568 g/mol. The van der Waals surface area contributed by atoms with Gasteiger partial charge in [-0.1, -0.05) is 45.9 Å². The van der Waals surface area contributed by atoms with Crippen molar-refractivity contribution in [1.82, 2.24) is 0 Å². The largest absolute Gasteiger partial charge is 0.462 e. The highest BCUT2D eigenvalue weighted by Gasteiger charge is 2.86. The number of carbonyl (C=O) groups is 5. The molecule has 238 valence electrons. The fourth-order valence-electron chi connectivity index (χ4n) is 9.84. The number of Topliss-reactive ketones (excluding diaryl/α,β-unsaturated/α-hetero) is 1. The van der Waals surface area contributed by atoms with Crippen LogP contribution in [0.5, 0.6) is 0 Å². The van der Waals surface area contributed by atoms with Gasteiger partial charge in [-0.05, 0) is 48.6 Å².